The maximum atomic E-state index is 6.15. The molecule has 3 rings (SSSR count). The Hall–Kier alpha value is -1.52. The van der Waals surface area contributed by atoms with Crippen molar-refractivity contribution >= 4 is 29.0 Å². The molecular weight excluding hydrogens is 249 g/mol. The quantitative estimate of drug-likeness (QED) is 0.639. The van der Waals surface area contributed by atoms with Crippen molar-refractivity contribution in [3.63, 3.8) is 0 Å². The zero-order valence-electron chi connectivity index (χ0n) is 12.4. The van der Waals surface area contributed by atoms with E-state index in [2.05, 4.69) is 39.8 Å². The standard InChI is InChI=1S/C16H20BNO2/c1-15(2)16(3,4)20-17(19-15)12-9-5-7-11-8-6-10-13(18)14(11)12/h5-10H,18H2,1-4H3. The lowest BCUT2D eigenvalue weighted by Gasteiger charge is -2.32. The largest absolute Gasteiger partial charge is 0.495 e. The molecule has 1 aliphatic rings. The van der Waals surface area contributed by atoms with E-state index < -0.39 is 0 Å². The molecule has 0 bridgehead atoms. The van der Waals surface area contributed by atoms with Gasteiger partial charge in [-0.3, -0.25) is 0 Å². The van der Waals surface area contributed by atoms with E-state index >= 15 is 0 Å². The molecule has 0 aromatic heterocycles. The summed E-state index contributed by atoms with van der Waals surface area (Å²) in [5.41, 5.74) is 7.22. The number of anilines is 1. The minimum absolute atomic E-state index is 0.344. The van der Waals surface area contributed by atoms with E-state index in [4.69, 9.17) is 15.0 Å². The number of hydrogen-bond donors (Lipinski definition) is 1. The Bertz CT molecular complexity index is 645. The third-order valence-electron chi connectivity index (χ3n) is 4.48. The van der Waals surface area contributed by atoms with Crippen LogP contribution in [-0.4, -0.2) is 18.3 Å². The molecule has 3 nitrogen and oxygen atoms in total. The number of nitrogens with two attached hydrogens (primary N) is 1. The van der Waals surface area contributed by atoms with Gasteiger partial charge in [0.2, 0.25) is 0 Å². The monoisotopic (exact) mass is 269 g/mol. The normalized spacial score (nSPS) is 20.5. The number of hydrogen-bond acceptors (Lipinski definition) is 3. The van der Waals surface area contributed by atoms with Gasteiger partial charge >= 0.3 is 7.12 Å². The maximum absolute atomic E-state index is 6.15. The highest BCUT2D eigenvalue weighted by molar-refractivity contribution is 6.65. The van der Waals surface area contributed by atoms with E-state index in [0.717, 1.165) is 21.9 Å². The second-order valence-electron chi connectivity index (χ2n) is 6.38. The second kappa shape index (κ2) is 4.24. The summed E-state index contributed by atoms with van der Waals surface area (Å²) in [5, 5.41) is 2.13. The first-order valence-electron chi connectivity index (χ1n) is 6.95. The van der Waals surface area contributed by atoms with Crippen molar-refractivity contribution in [3.05, 3.63) is 36.4 Å². The minimum Gasteiger partial charge on any atom is -0.399 e. The van der Waals surface area contributed by atoms with Gasteiger partial charge in [-0.05, 0) is 44.6 Å². The molecule has 0 atom stereocenters. The van der Waals surface area contributed by atoms with E-state index in [1.165, 1.54) is 0 Å². The highest BCUT2D eigenvalue weighted by Crippen LogP contribution is 2.37. The zero-order valence-corrected chi connectivity index (χ0v) is 12.4. The fraction of sp³-hybridized carbons (Fsp3) is 0.375. The average Bonchev–Trinajstić information content (AvgIpc) is 2.58. The van der Waals surface area contributed by atoms with Gasteiger partial charge in [-0.15, -0.1) is 0 Å². The molecule has 1 fully saturated rings. The van der Waals surface area contributed by atoms with Crippen LogP contribution in [-0.2, 0) is 9.31 Å². The van der Waals surface area contributed by atoms with E-state index in [0.29, 0.717) is 0 Å². The molecule has 0 aliphatic carbocycles. The summed E-state index contributed by atoms with van der Waals surface area (Å²) in [4.78, 5) is 0. The van der Waals surface area contributed by atoms with Crippen LogP contribution in [0.2, 0.25) is 0 Å². The predicted molar refractivity (Wildman–Crippen MR) is 84.1 cm³/mol. The molecule has 2 aromatic rings. The molecule has 0 spiro atoms. The molecule has 1 aliphatic heterocycles. The van der Waals surface area contributed by atoms with Gasteiger partial charge in [0.25, 0.3) is 0 Å². The molecule has 1 saturated heterocycles. The van der Waals surface area contributed by atoms with Crippen LogP contribution >= 0.6 is 0 Å². The van der Waals surface area contributed by atoms with Crippen LogP contribution in [0.15, 0.2) is 36.4 Å². The fourth-order valence-electron chi connectivity index (χ4n) is 2.57. The first-order chi connectivity index (χ1) is 9.32. The number of rotatable bonds is 1. The lowest BCUT2D eigenvalue weighted by molar-refractivity contribution is 0.00578. The summed E-state index contributed by atoms with van der Waals surface area (Å²) in [6, 6.07) is 12.0. The van der Waals surface area contributed by atoms with Gasteiger partial charge in [0, 0.05) is 11.1 Å². The summed E-state index contributed by atoms with van der Waals surface area (Å²) in [7, 11) is -0.381. The minimum atomic E-state index is -0.381. The summed E-state index contributed by atoms with van der Waals surface area (Å²) < 4.78 is 12.3. The topological polar surface area (TPSA) is 44.5 Å². The lowest BCUT2D eigenvalue weighted by atomic mass is 9.76. The predicted octanol–water partition coefficient (Wildman–Crippen LogP) is 2.72. The van der Waals surface area contributed by atoms with Crippen molar-refractivity contribution in [3.8, 4) is 0 Å². The molecule has 1 heterocycles. The van der Waals surface area contributed by atoms with Crippen molar-refractivity contribution < 1.29 is 9.31 Å². The van der Waals surface area contributed by atoms with Gasteiger partial charge in [-0.25, -0.2) is 0 Å². The van der Waals surface area contributed by atoms with Crippen LogP contribution in [0, 0.1) is 0 Å². The van der Waals surface area contributed by atoms with Crippen LogP contribution < -0.4 is 11.2 Å². The van der Waals surface area contributed by atoms with E-state index in [9.17, 15) is 0 Å². The SMILES string of the molecule is CC1(C)OB(c2cccc3cccc(N)c23)OC1(C)C. The molecule has 2 aromatic carbocycles. The molecule has 0 radical (unpaired) electrons. The Labute approximate surface area is 120 Å². The van der Waals surface area contributed by atoms with E-state index in [-0.39, 0.29) is 18.3 Å². The molecule has 20 heavy (non-hydrogen) atoms. The summed E-state index contributed by atoms with van der Waals surface area (Å²) in [6.45, 7) is 8.23. The zero-order chi connectivity index (χ0) is 14.5. The van der Waals surface area contributed by atoms with Gasteiger partial charge < -0.3 is 15.0 Å². The van der Waals surface area contributed by atoms with Gasteiger partial charge in [0.15, 0.2) is 0 Å². The van der Waals surface area contributed by atoms with Crippen molar-refractivity contribution in [1.82, 2.24) is 0 Å². The Kier molecular flexibility index (Phi) is 2.85. The van der Waals surface area contributed by atoms with Crippen molar-refractivity contribution in [2.24, 2.45) is 0 Å². The van der Waals surface area contributed by atoms with Crippen molar-refractivity contribution in [1.29, 1.82) is 0 Å². The first kappa shape index (κ1) is 13.5. The van der Waals surface area contributed by atoms with Gasteiger partial charge in [-0.1, -0.05) is 30.3 Å². The molecule has 0 unspecified atom stereocenters. The van der Waals surface area contributed by atoms with Gasteiger partial charge in [-0.2, -0.15) is 0 Å². The summed E-state index contributed by atoms with van der Waals surface area (Å²) in [6.07, 6.45) is 0. The van der Waals surface area contributed by atoms with E-state index in [1.807, 2.05) is 24.3 Å². The fourth-order valence-corrected chi connectivity index (χ4v) is 2.57. The number of benzene rings is 2. The Morgan fingerprint density at radius 1 is 0.900 bits per heavy atom. The highest BCUT2D eigenvalue weighted by Gasteiger charge is 2.52. The Morgan fingerprint density at radius 2 is 1.45 bits per heavy atom. The molecule has 2 N–H and O–H groups in total. The first-order valence-corrected chi connectivity index (χ1v) is 6.95. The molecular formula is C16H20BNO2. The Balaban J connectivity index is 2.13. The molecule has 104 valence electrons. The van der Waals surface area contributed by atoms with E-state index in [1.54, 1.807) is 0 Å². The smallest absolute Gasteiger partial charge is 0.399 e. The van der Waals surface area contributed by atoms with Crippen LogP contribution in [0.3, 0.4) is 0 Å². The lowest BCUT2D eigenvalue weighted by Crippen LogP contribution is -2.41. The highest BCUT2D eigenvalue weighted by atomic mass is 16.7. The van der Waals surface area contributed by atoms with Gasteiger partial charge in [0.05, 0.1) is 11.2 Å². The second-order valence-corrected chi connectivity index (χ2v) is 6.38. The van der Waals surface area contributed by atoms with Crippen molar-refractivity contribution in [2.45, 2.75) is 38.9 Å². The maximum Gasteiger partial charge on any atom is 0.495 e. The van der Waals surface area contributed by atoms with Crippen LogP contribution in [0.1, 0.15) is 27.7 Å². The van der Waals surface area contributed by atoms with Crippen LogP contribution in [0.4, 0.5) is 5.69 Å². The Morgan fingerprint density at radius 3 is 2.05 bits per heavy atom. The molecule has 4 heteroatoms. The van der Waals surface area contributed by atoms with Crippen LogP contribution in [0.25, 0.3) is 10.8 Å². The summed E-state index contributed by atoms with van der Waals surface area (Å²) in [5.74, 6) is 0. The van der Waals surface area contributed by atoms with Crippen LogP contribution in [0.5, 0.6) is 0 Å². The molecule has 0 amide bonds. The third kappa shape index (κ3) is 1.91. The summed E-state index contributed by atoms with van der Waals surface area (Å²) >= 11 is 0. The number of fused-ring (bicyclic) bond motifs is 1. The van der Waals surface area contributed by atoms with Gasteiger partial charge in [0.1, 0.15) is 0 Å². The third-order valence-corrected chi connectivity index (χ3v) is 4.48. The molecule has 0 saturated carbocycles. The average molecular weight is 269 g/mol. The number of nitrogen functional groups attached to an aromatic ring is 1. The van der Waals surface area contributed by atoms with Crippen molar-refractivity contribution in [2.75, 3.05) is 5.73 Å².